The quantitative estimate of drug-likeness (QED) is 0.591. The van der Waals surface area contributed by atoms with Crippen LogP contribution in [0.1, 0.15) is 12.8 Å². The first-order valence-corrected chi connectivity index (χ1v) is 6.95. The third-order valence-electron chi connectivity index (χ3n) is 3.72. The molecular formula is C14H18FN3O4. The molecule has 1 saturated heterocycles. The SMILES string of the molecule is COc1cc(F)c([N+](=O)[O-])c(N(C)CCN2CCCC2=O)c1. The van der Waals surface area contributed by atoms with Crippen molar-refractivity contribution in [1.82, 2.24) is 4.90 Å². The highest BCUT2D eigenvalue weighted by molar-refractivity contribution is 5.78. The molecule has 1 aromatic carbocycles. The zero-order chi connectivity index (χ0) is 16.3. The molecule has 7 nitrogen and oxygen atoms in total. The number of benzene rings is 1. The topological polar surface area (TPSA) is 75.9 Å². The second-order valence-corrected chi connectivity index (χ2v) is 5.14. The molecule has 1 aliphatic heterocycles. The Morgan fingerprint density at radius 1 is 1.50 bits per heavy atom. The summed E-state index contributed by atoms with van der Waals surface area (Å²) in [6.07, 6.45) is 1.37. The van der Waals surface area contributed by atoms with Crippen molar-refractivity contribution < 1.29 is 18.8 Å². The minimum atomic E-state index is -0.941. The predicted octanol–water partition coefficient (Wildman–Crippen LogP) is 1.80. The number of nitro benzene ring substituents is 1. The Morgan fingerprint density at radius 3 is 2.77 bits per heavy atom. The maximum absolute atomic E-state index is 13.9. The summed E-state index contributed by atoms with van der Waals surface area (Å²) in [5, 5.41) is 11.1. The first-order valence-electron chi connectivity index (χ1n) is 6.95. The van der Waals surface area contributed by atoms with E-state index in [9.17, 15) is 19.3 Å². The van der Waals surface area contributed by atoms with Crippen molar-refractivity contribution in [3.8, 4) is 5.75 Å². The fraction of sp³-hybridized carbons (Fsp3) is 0.500. The summed E-state index contributed by atoms with van der Waals surface area (Å²) >= 11 is 0. The van der Waals surface area contributed by atoms with Crippen LogP contribution in [0.4, 0.5) is 15.8 Å². The van der Waals surface area contributed by atoms with Gasteiger partial charge in [0.25, 0.3) is 0 Å². The molecule has 8 heteroatoms. The summed E-state index contributed by atoms with van der Waals surface area (Å²) in [5.41, 5.74) is -0.454. The number of anilines is 1. The minimum absolute atomic E-state index is 0.0831. The van der Waals surface area contributed by atoms with Gasteiger partial charge in [-0.3, -0.25) is 14.9 Å². The molecule has 0 N–H and O–H groups in total. The smallest absolute Gasteiger partial charge is 0.328 e. The van der Waals surface area contributed by atoms with E-state index < -0.39 is 16.4 Å². The number of halogens is 1. The van der Waals surface area contributed by atoms with Crippen LogP contribution in [-0.4, -0.2) is 49.5 Å². The Morgan fingerprint density at radius 2 is 2.23 bits per heavy atom. The monoisotopic (exact) mass is 311 g/mol. The average molecular weight is 311 g/mol. The van der Waals surface area contributed by atoms with Crippen LogP contribution in [0.25, 0.3) is 0 Å². The van der Waals surface area contributed by atoms with Gasteiger partial charge < -0.3 is 14.5 Å². The number of hydrogen-bond acceptors (Lipinski definition) is 5. The Kier molecular flexibility index (Phi) is 4.79. The number of likely N-dealkylation sites (N-methyl/N-ethyl adjacent to an activating group) is 1. The van der Waals surface area contributed by atoms with Crippen LogP contribution in [0.2, 0.25) is 0 Å². The lowest BCUT2D eigenvalue weighted by molar-refractivity contribution is -0.386. The highest BCUT2D eigenvalue weighted by Gasteiger charge is 2.26. The van der Waals surface area contributed by atoms with Crippen molar-refractivity contribution in [2.75, 3.05) is 38.7 Å². The van der Waals surface area contributed by atoms with Crippen molar-refractivity contribution in [2.45, 2.75) is 12.8 Å². The molecule has 1 fully saturated rings. The standard InChI is InChI=1S/C14H18FN3O4/c1-16(6-7-17-5-3-4-13(17)19)12-9-10(22-2)8-11(15)14(12)18(20)21/h8-9H,3-7H2,1-2H3. The molecule has 0 unspecified atom stereocenters. The van der Waals surface area contributed by atoms with Crippen molar-refractivity contribution in [3.63, 3.8) is 0 Å². The maximum atomic E-state index is 13.9. The molecule has 22 heavy (non-hydrogen) atoms. The van der Waals surface area contributed by atoms with Gasteiger partial charge in [-0.15, -0.1) is 0 Å². The van der Waals surface area contributed by atoms with Crippen LogP contribution in [0.15, 0.2) is 12.1 Å². The molecule has 0 saturated carbocycles. The molecule has 1 aliphatic rings. The molecule has 1 amide bonds. The number of carbonyl (C=O) groups excluding carboxylic acids is 1. The molecule has 0 bridgehead atoms. The Hall–Kier alpha value is -2.38. The maximum Gasteiger partial charge on any atom is 0.328 e. The number of likely N-dealkylation sites (tertiary alicyclic amines) is 1. The number of rotatable bonds is 6. The highest BCUT2D eigenvalue weighted by atomic mass is 19.1. The van der Waals surface area contributed by atoms with E-state index in [1.54, 1.807) is 16.8 Å². The second-order valence-electron chi connectivity index (χ2n) is 5.14. The summed E-state index contributed by atoms with van der Waals surface area (Å²) in [6, 6.07) is 2.41. The summed E-state index contributed by atoms with van der Waals surface area (Å²) < 4.78 is 18.9. The summed E-state index contributed by atoms with van der Waals surface area (Å²) in [6.45, 7) is 1.52. The molecule has 0 atom stereocenters. The second kappa shape index (κ2) is 6.59. The van der Waals surface area contributed by atoms with Crippen LogP contribution < -0.4 is 9.64 Å². The lowest BCUT2D eigenvalue weighted by Gasteiger charge is -2.23. The number of nitro groups is 1. The molecule has 0 radical (unpaired) electrons. The zero-order valence-electron chi connectivity index (χ0n) is 12.5. The van der Waals surface area contributed by atoms with E-state index in [0.717, 1.165) is 12.5 Å². The largest absolute Gasteiger partial charge is 0.497 e. The number of hydrogen-bond donors (Lipinski definition) is 0. The molecule has 0 aromatic heterocycles. The van der Waals surface area contributed by atoms with Crippen molar-refractivity contribution in [2.24, 2.45) is 0 Å². The first-order chi connectivity index (χ1) is 10.4. The minimum Gasteiger partial charge on any atom is -0.497 e. The number of carbonyl (C=O) groups is 1. The third-order valence-corrected chi connectivity index (χ3v) is 3.72. The van der Waals surface area contributed by atoms with Crippen LogP contribution in [0.3, 0.4) is 0 Å². The predicted molar refractivity (Wildman–Crippen MR) is 78.7 cm³/mol. The van der Waals surface area contributed by atoms with Gasteiger partial charge in [0, 0.05) is 45.2 Å². The number of ether oxygens (including phenoxy) is 1. The lowest BCUT2D eigenvalue weighted by atomic mass is 10.2. The van der Waals surface area contributed by atoms with E-state index in [2.05, 4.69) is 0 Å². The van der Waals surface area contributed by atoms with Crippen LogP contribution in [-0.2, 0) is 4.79 Å². The van der Waals surface area contributed by atoms with Crippen LogP contribution in [0, 0.1) is 15.9 Å². The van der Waals surface area contributed by atoms with Gasteiger partial charge in [0.1, 0.15) is 11.4 Å². The zero-order valence-corrected chi connectivity index (χ0v) is 12.5. The Balaban J connectivity index is 2.20. The van der Waals surface area contributed by atoms with Gasteiger partial charge >= 0.3 is 5.69 Å². The number of nitrogens with zero attached hydrogens (tertiary/aromatic N) is 3. The Bertz CT molecular complexity index is 594. The van der Waals surface area contributed by atoms with E-state index in [-0.39, 0.29) is 17.3 Å². The lowest BCUT2D eigenvalue weighted by Crippen LogP contribution is -2.34. The first kappa shape index (κ1) is 16.0. The number of amides is 1. The van der Waals surface area contributed by atoms with Crippen molar-refractivity contribution in [1.29, 1.82) is 0 Å². The Labute approximate surface area is 127 Å². The summed E-state index contributed by atoms with van der Waals surface area (Å²) in [4.78, 5) is 25.2. The molecule has 0 spiro atoms. The van der Waals surface area contributed by atoms with E-state index in [1.165, 1.54) is 13.2 Å². The third kappa shape index (κ3) is 3.26. The van der Waals surface area contributed by atoms with Gasteiger partial charge in [-0.25, -0.2) is 0 Å². The van der Waals surface area contributed by atoms with Gasteiger partial charge in [-0.1, -0.05) is 0 Å². The van der Waals surface area contributed by atoms with Gasteiger partial charge in [0.15, 0.2) is 0 Å². The molecule has 1 aromatic rings. The van der Waals surface area contributed by atoms with Gasteiger partial charge in [0.05, 0.1) is 12.0 Å². The molecular weight excluding hydrogens is 293 g/mol. The van der Waals surface area contributed by atoms with E-state index in [4.69, 9.17) is 4.74 Å². The van der Waals surface area contributed by atoms with Gasteiger partial charge in [0.2, 0.25) is 11.7 Å². The van der Waals surface area contributed by atoms with E-state index in [0.29, 0.717) is 26.1 Å². The fourth-order valence-corrected chi connectivity index (χ4v) is 2.48. The molecule has 120 valence electrons. The van der Waals surface area contributed by atoms with Crippen molar-refractivity contribution >= 4 is 17.3 Å². The molecule has 1 heterocycles. The average Bonchev–Trinajstić information content (AvgIpc) is 2.88. The number of methoxy groups -OCH3 is 1. The summed E-state index contributed by atoms with van der Waals surface area (Å²) in [7, 11) is 3.00. The van der Waals surface area contributed by atoms with Crippen molar-refractivity contribution in [3.05, 3.63) is 28.1 Å². The molecule has 0 aliphatic carbocycles. The van der Waals surface area contributed by atoms with E-state index in [1.807, 2.05) is 0 Å². The van der Waals surface area contributed by atoms with Gasteiger partial charge in [-0.05, 0) is 6.42 Å². The molecule has 2 rings (SSSR count). The summed E-state index contributed by atoms with van der Waals surface area (Å²) in [5.74, 6) is -0.648. The van der Waals surface area contributed by atoms with Crippen LogP contribution in [0.5, 0.6) is 5.75 Å². The fourth-order valence-electron chi connectivity index (χ4n) is 2.48. The normalized spacial score (nSPS) is 14.3. The van der Waals surface area contributed by atoms with Crippen LogP contribution >= 0.6 is 0 Å². The highest BCUT2D eigenvalue weighted by Crippen LogP contribution is 2.34. The van der Waals surface area contributed by atoms with Gasteiger partial charge in [-0.2, -0.15) is 4.39 Å². The van der Waals surface area contributed by atoms with E-state index >= 15 is 0 Å².